The van der Waals surface area contributed by atoms with Crippen molar-refractivity contribution in [2.75, 3.05) is 19.7 Å². The Balaban J connectivity index is 1.15. The van der Waals surface area contributed by atoms with Gasteiger partial charge in [0.1, 0.15) is 12.6 Å². The second-order valence-corrected chi connectivity index (χ2v) is 13.1. The first kappa shape index (κ1) is 33.9. The van der Waals surface area contributed by atoms with Crippen molar-refractivity contribution < 1.29 is 29.0 Å². The van der Waals surface area contributed by atoms with Gasteiger partial charge >= 0.3 is 12.1 Å². The summed E-state index contributed by atoms with van der Waals surface area (Å²) in [6.07, 6.45) is -0.818. The number of likely N-dealkylation sites (tertiary alicyclic amines) is 1. The zero-order valence-electron chi connectivity index (χ0n) is 27.7. The number of carboxylic acids is 1. The van der Waals surface area contributed by atoms with Crippen LogP contribution in [0.5, 0.6) is 0 Å². The molecule has 49 heavy (non-hydrogen) atoms. The summed E-state index contributed by atoms with van der Waals surface area (Å²) in [5.74, 6) is -1.64. The lowest BCUT2D eigenvalue weighted by Gasteiger charge is -2.42. The first-order valence-electron chi connectivity index (χ1n) is 16.9. The molecule has 2 aliphatic rings. The molecule has 0 radical (unpaired) electrons. The molecular formula is C40H43N3O6. The lowest BCUT2D eigenvalue weighted by molar-refractivity contribution is -0.140. The van der Waals surface area contributed by atoms with Crippen LogP contribution in [-0.4, -0.2) is 65.4 Å². The molecule has 254 valence electrons. The van der Waals surface area contributed by atoms with Gasteiger partial charge in [-0.3, -0.25) is 14.5 Å². The predicted molar refractivity (Wildman–Crippen MR) is 187 cm³/mol. The number of aliphatic carboxylic acids is 1. The number of piperidine rings is 1. The molecule has 1 heterocycles. The Kier molecular flexibility index (Phi) is 10.7. The van der Waals surface area contributed by atoms with Gasteiger partial charge < -0.3 is 25.2 Å². The van der Waals surface area contributed by atoms with Gasteiger partial charge in [0.05, 0.1) is 24.7 Å². The summed E-state index contributed by atoms with van der Waals surface area (Å²) in [6.45, 7) is 4.03. The highest BCUT2D eigenvalue weighted by Crippen LogP contribution is 2.44. The van der Waals surface area contributed by atoms with Gasteiger partial charge in [-0.2, -0.15) is 0 Å². The monoisotopic (exact) mass is 661 g/mol. The highest BCUT2D eigenvalue weighted by atomic mass is 16.5. The van der Waals surface area contributed by atoms with Crippen LogP contribution < -0.4 is 10.6 Å². The summed E-state index contributed by atoms with van der Waals surface area (Å²) >= 11 is 0. The molecule has 6 rings (SSSR count). The molecule has 0 saturated carbocycles. The highest BCUT2D eigenvalue weighted by molar-refractivity contribution is 5.87. The second-order valence-electron chi connectivity index (χ2n) is 13.1. The third-order valence-electron chi connectivity index (χ3n) is 9.66. The minimum absolute atomic E-state index is 0.0909. The molecule has 3 N–H and O–H groups in total. The summed E-state index contributed by atoms with van der Waals surface area (Å²) in [4.78, 5) is 41.8. The van der Waals surface area contributed by atoms with E-state index < -0.39 is 35.7 Å². The van der Waals surface area contributed by atoms with Crippen LogP contribution in [0, 0.1) is 0 Å². The Morgan fingerprint density at radius 2 is 1.37 bits per heavy atom. The van der Waals surface area contributed by atoms with Gasteiger partial charge in [-0.1, -0.05) is 109 Å². The summed E-state index contributed by atoms with van der Waals surface area (Å²) in [7, 11) is 0. The molecule has 1 fully saturated rings. The molecule has 9 heteroatoms. The molecule has 0 spiro atoms. The van der Waals surface area contributed by atoms with Crippen LogP contribution in [0.3, 0.4) is 0 Å². The standard InChI is InChI=1S/C40H43N3O6/c1-28(48-26-30-14-6-3-7-15-30)37(41-39(47)49-27-35-33-18-10-8-16-31(33)32-17-9-11-19-34(32)35)38(46)42-40(24-36(44)45)20-22-43(23-21-40)25-29-12-4-2-5-13-29/h2-19,28,35,37H,20-27H2,1H3,(H,41,47)(H,42,46)(H,44,45)/t28-,37+/m0/s1. The van der Waals surface area contributed by atoms with Crippen LogP contribution in [0.15, 0.2) is 109 Å². The second kappa shape index (κ2) is 15.5. The first-order valence-corrected chi connectivity index (χ1v) is 16.9. The summed E-state index contributed by atoms with van der Waals surface area (Å²) in [5.41, 5.74) is 5.52. The molecular weight excluding hydrogens is 618 g/mol. The maximum Gasteiger partial charge on any atom is 0.407 e. The van der Waals surface area contributed by atoms with Crippen molar-refractivity contribution in [2.24, 2.45) is 0 Å². The molecule has 4 aromatic carbocycles. The average Bonchev–Trinajstić information content (AvgIpc) is 3.43. The van der Waals surface area contributed by atoms with Crippen molar-refractivity contribution in [2.45, 2.75) is 62.9 Å². The van der Waals surface area contributed by atoms with Gasteiger partial charge in [0, 0.05) is 25.6 Å². The Bertz CT molecular complexity index is 1690. The summed E-state index contributed by atoms with van der Waals surface area (Å²) in [6, 6.07) is 34.7. The number of hydrogen-bond donors (Lipinski definition) is 3. The molecule has 1 aliphatic carbocycles. The van der Waals surface area contributed by atoms with Crippen LogP contribution in [0.2, 0.25) is 0 Å². The van der Waals surface area contributed by atoms with E-state index in [4.69, 9.17) is 9.47 Å². The number of carbonyl (C=O) groups is 3. The first-order chi connectivity index (χ1) is 23.8. The van der Waals surface area contributed by atoms with Crippen molar-refractivity contribution >= 4 is 18.0 Å². The Hall–Kier alpha value is -4.99. The third-order valence-corrected chi connectivity index (χ3v) is 9.66. The van der Waals surface area contributed by atoms with Crippen LogP contribution in [0.4, 0.5) is 4.79 Å². The van der Waals surface area contributed by atoms with E-state index in [1.807, 2.05) is 84.9 Å². The average molecular weight is 662 g/mol. The number of benzene rings is 4. The number of ether oxygens (including phenoxy) is 2. The van der Waals surface area contributed by atoms with Gasteiger partial charge in [-0.15, -0.1) is 0 Å². The number of alkyl carbamates (subject to hydrolysis) is 1. The number of hydrogen-bond acceptors (Lipinski definition) is 6. The number of fused-ring (bicyclic) bond motifs is 3. The van der Waals surface area contributed by atoms with Crippen molar-refractivity contribution in [1.82, 2.24) is 15.5 Å². The summed E-state index contributed by atoms with van der Waals surface area (Å²) in [5, 5.41) is 15.7. The van der Waals surface area contributed by atoms with E-state index in [-0.39, 0.29) is 25.6 Å². The van der Waals surface area contributed by atoms with Gasteiger partial charge in [-0.05, 0) is 53.1 Å². The van der Waals surface area contributed by atoms with Crippen molar-refractivity contribution in [3.8, 4) is 11.1 Å². The van der Waals surface area contributed by atoms with Gasteiger partial charge in [-0.25, -0.2) is 4.79 Å². The normalized spacial score (nSPS) is 16.5. The topological polar surface area (TPSA) is 117 Å². The molecule has 9 nitrogen and oxygen atoms in total. The van der Waals surface area contributed by atoms with Gasteiger partial charge in [0.15, 0.2) is 0 Å². The molecule has 2 atom stereocenters. The van der Waals surface area contributed by atoms with Crippen molar-refractivity contribution in [3.05, 3.63) is 131 Å². The van der Waals surface area contributed by atoms with Crippen LogP contribution >= 0.6 is 0 Å². The van der Waals surface area contributed by atoms with E-state index in [2.05, 4.69) is 39.8 Å². The molecule has 1 aliphatic heterocycles. The fourth-order valence-electron chi connectivity index (χ4n) is 7.02. The Labute approximate surface area is 287 Å². The minimum Gasteiger partial charge on any atom is -0.481 e. The number of nitrogens with one attached hydrogen (secondary N) is 2. The number of carboxylic acid groups (broad SMARTS) is 1. The van der Waals surface area contributed by atoms with Crippen molar-refractivity contribution in [3.63, 3.8) is 0 Å². The molecule has 4 aromatic rings. The van der Waals surface area contributed by atoms with E-state index in [1.165, 1.54) is 5.56 Å². The quantitative estimate of drug-likeness (QED) is 0.158. The number of rotatable bonds is 13. The van der Waals surface area contributed by atoms with E-state index in [0.717, 1.165) is 34.4 Å². The van der Waals surface area contributed by atoms with Crippen LogP contribution in [-0.2, 0) is 32.2 Å². The van der Waals surface area contributed by atoms with E-state index in [1.54, 1.807) is 6.92 Å². The minimum atomic E-state index is -1.13. The predicted octanol–water partition coefficient (Wildman–Crippen LogP) is 6.12. The van der Waals surface area contributed by atoms with E-state index >= 15 is 0 Å². The molecule has 0 bridgehead atoms. The Morgan fingerprint density at radius 1 is 0.816 bits per heavy atom. The zero-order valence-corrected chi connectivity index (χ0v) is 27.7. The maximum absolute atomic E-state index is 14.1. The fourth-order valence-corrected chi connectivity index (χ4v) is 7.02. The van der Waals surface area contributed by atoms with Gasteiger partial charge in [0.2, 0.25) is 5.91 Å². The van der Waals surface area contributed by atoms with Gasteiger partial charge in [0.25, 0.3) is 0 Å². The zero-order chi connectivity index (χ0) is 34.2. The maximum atomic E-state index is 14.1. The lowest BCUT2D eigenvalue weighted by atomic mass is 9.83. The SMILES string of the molecule is C[C@H](OCc1ccccc1)[C@@H](NC(=O)OCC1c2ccccc2-c2ccccc21)C(=O)NC1(CC(=O)O)CCN(Cc2ccccc2)CC1. The fraction of sp³-hybridized carbons (Fsp3) is 0.325. The molecule has 0 unspecified atom stereocenters. The highest BCUT2D eigenvalue weighted by Gasteiger charge is 2.41. The number of amides is 2. The van der Waals surface area contributed by atoms with E-state index in [0.29, 0.717) is 25.9 Å². The smallest absolute Gasteiger partial charge is 0.407 e. The molecule has 0 aromatic heterocycles. The molecule has 2 amide bonds. The van der Waals surface area contributed by atoms with Crippen LogP contribution in [0.25, 0.3) is 11.1 Å². The van der Waals surface area contributed by atoms with Crippen molar-refractivity contribution in [1.29, 1.82) is 0 Å². The third kappa shape index (κ3) is 8.36. The number of nitrogens with zero attached hydrogens (tertiary/aromatic N) is 1. The lowest BCUT2D eigenvalue weighted by Crippen LogP contribution is -2.62. The summed E-state index contributed by atoms with van der Waals surface area (Å²) < 4.78 is 11.9. The Morgan fingerprint density at radius 3 is 1.96 bits per heavy atom. The largest absolute Gasteiger partial charge is 0.481 e. The number of carbonyl (C=O) groups excluding carboxylic acids is 2. The van der Waals surface area contributed by atoms with Crippen LogP contribution in [0.1, 0.15) is 54.4 Å². The molecule has 1 saturated heterocycles. The van der Waals surface area contributed by atoms with E-state index in [9.17, 15) is 19.5 Å².